The standard InChI is InChI=1S/C8H15N3O/c1-3-9-8-6-7(2)11(10-8)4-5-12/h6,12H,3-5H2,1-2H3,(H,9,10). The van der Waals surface area contributed by atoms with Crippen molar-refractivity contribution in [2.75, 3.05) is 18.5 Å². The molecule has 4 heteroatoms. The zero-order chi connectivity index (χ0) is 8.97. The Morgan fingerprint density at radius 1 is 1.67 bits per heavy atom. The van der Waals surface area contributed by atoms with Crippen molar-refractivity contribution >= 4 is 5.82 Å². The molecule has 68 valence electrons. The summed E-state index contributed by atoms with van der Waals surface area (Å²) >= 11 is 0. The highest BCUT2D eigenvalue weighted by Gasteiger charge is 2.01. The number of aliphatic hydroxyl groups is 1. The van der Waals surface area contributed by atoms with Crippen LogP contribution < -0.4 is 5.32 Å². The largest absolute Gasteiger partial charge is 0.394 e. The van der Waals surface area contributed by atoms with Gasteiger partial charge in [-0.3, -0.25) is 4.68 Å². The van der Waals surface area contributed by atoms with Crippen LogP contribution in [0, 0.1) is 6.92 Å². The number of nitrogens with zero attached hydrogens (tertiary/aromatic N) is 2. The Morgan fingerprint density at radius 2 is 2.42 bits per heavy atom. The van der Waals surface area contributed by atoms with Crippen molar-refractivity contribution in [3.05, 3.63) is 11.8 Å². The lowest BCUT2D eigenvalue weighted by atomic mass is 10.4. The van der Waals surface area contributed by atoms with E-state index in [1.807, 2.05) is 19.9 Å². The zero-order valence-electron chi connectivity index (χ0n) is 7.54. The minimum Gasteiger partial charge on any atom is -0.394 e. The molecule has 0 saturated carbocycles. The fourth-order valence-electron chi connectivity index (χ4n) is 1.10. The van der Waals surface area contributed by atoms with Crippen molar-refractivity contribution < 1.29 is 5.11 Å². The number of rotatable bonds is 4. The molecule has 1 rings (SSSR count). The van der Waals surface area contributed by atoms with Gasteiger partial charge in [-0.05, 0) is 13.8 Å². The van der Waals surface area contributed by atoms with Gasteiger partial charge in [0, 0.05) is 18.3 Å². The summed E-state index contributed by atoms with van der Waals surface area (Å²) in [5.41, 5.74) is 1.07. The minimum atomic E-state index is 0.133. The maximum absolute atomic E-state index is 8.70. The molecule has 2 N–H and O–H groups in total. The van der Waals surface area contributed by atoms with Crippen molar-refractivity contribution in [2.24, 2.45) is 0 Å². The zero-order valence-corrected chi connectivity index (χ0v) is 7.54. The summed E-state index contributed by atoms with van der Waals surface area (Å²) in [7, 11) is 0. The number of aromatic nitrogens is 2. The Bertz CT molecular complexity index is 244. The summed E-state index contributed by atoms with van der Waals surface area (Å²) in [6.45, 7) is 5.57. The van der Waals surface area contributed by atoms with Crippen LogP contribution in [0.15, 0.2) is 6.07 Å². The van der Waals surface area contributed by atoms with E-state index < -0.39 is 0 Å². The van der Waals surface area contributed by atoms with Crippen molar-refractivity contribution in [3.8, 4) is 0 Å². The molecule has 0 aromatic carbocycles. The summed E-state index contributed by atoms with van der Waals surface area (Å²) in [5.74, 6) is 0.878. The average molecular weight is 169 g/mol. The molecule has 0 saturated heterocycles. The molecule has 0 spiro atoms. The molecular weight excluding hydrogens is 154 g/mol. The number of anilines is 1. The van der Waals surface area contributed by atoms with Gasteiger partial charge in [-0.2, -0.15) is 5.10 Å². The summed E-state index contributed by atoms with van der Waals surface area (Å²) in [6, 6.07) is 1.97. The van der Waals surface area contributed by atoms with E-state index in [1.54, 1.807) is 4.68 Å². The number of aliphatic hydroxyl groups excluding tert-OH is 1. The normalized spacial score (nSPS) is 10.2. The van der Waals surface area contributed by atoms with Gasteiger partial charge in [-0.1, -0.05) is 0 Å². The number of hydrogen-bond donors (Lipinski definition) is 2. The maximum atomic E-state index is 8.70. The molecule has 0 unspecified atom stereocenters. The highest BCUT2D eigenvalue weighted by Crippen LogP contribution is 2.07. The Labute approximate surface area is 72.2 Å². The molecule has 1 aromatic rings. The Hall–Kier alpha value is -1.03. The van der Waals surface area contributed by atoms with Crippen LogP contribution in [0.2, 0.25) is 0 Å². The molecule has 0 radical (unpaired) electrons. The third kappa shape index (κ3) is 1.98. The predicted octanol–water partition coefficient (Wildman–Crippen LogP) is 0.616. The van der Waals surface area contributed by atoms with Gasteiger partial charge in [0.1, 0.15) is 5.82 Å². The highest BCUT2D eigenvalue weighted by atomic mass is 16.3. The van der Waals surface area contributed by atoms with Crippen LogP contribution in [-0.4, -0.2) is 28.0 Å². The second kappa shape index (κ2) is 4.11. The van der Waals surface area contributed by atoms with Crippen LogP contribution in [0.3, 0.4) is 0 Å². The lowest BCUT2D eigenvalue weighted by Gasteiger charge is -1.99. The van der Waals surface area contributed by atoms with E-state index >= 15 is 0 Å². The van der Waals surface area contributed by atoms with E-state index in [-0.39, 0.29) is 6.61 Å². The SMILES string of the molecule is CCNc1cc(C)n(CCO)n1. The third-order valence-corrected chi connectivity index (χ3v) is 1.65. The molecule has 0 atom stereocenters. The van der Waals surface area contributed by atoms with E-state index in [0.29, 0.717) is 6.54 Å². The van der Waals surface area contributed by atoms with E-state index in [9.17, 15) is 0 Å². The van der Waals surface area contributed by atoms with Crippen molar-refractivity contribution in [2.45, 2.75) is 20.4 Å². The van der Waals surface area contributed by atoms with E-state index in [4.69, 9.17) is 5.11 Å². The second-order valence-electron chi connectivity index (χ2n) is 2.65. The molecule has 0 amide bonds. The monoisotopic (exact) mass is 169 g/mol. The molecule has 12 heavy (non-hydrogen) atoms. The first-order valence-corrected chi connectivity index (χ1v) is 4.17. The quantitative estimate of drug-likeness (QED) is 0.694. The van der Waals surface area contributed by atoms with E-state index in [0.717, 1.165) is 18.1 Å². The molecular formula is C8H15N3O. The molecule has 1 heterocycles. The molecule has 0 fully saturated rings. The lowest BCUT2D eigenvalue weighted by molar-refractivity contribution is 0.268. The topological polar surface area (TPSA) is 50.1 Å². The van der Waals surface area contributed by atoms with E-state index in [2.05, 4.69) is 10.4 Å². The smallest absolute Gasteiger partial charge is 0.148 e. The molecule has 0 aliphatic heterocycles. The molecule has 0 aliphatic carbocycles. The number of hydrogen-bond acceptors (Lipinski definition) is 3. The van der Waals surface area contributed by atoms with Crippen molar-refractivity contribution in [3.63, 3.8) is 0 Å². The van der Waals surface area contributed by atoms with Gasteiger partial charge < -0.3 is 10.4 Å². The fraction of sp³-hybridized carbons (Fsp3) is 0.625. The molecule has 1 aromatic heterocycles. The highest BCUT2D eigenvalue weighted by molar-refractivity contribution is 5.35. The lowest BCUT2D eigenvalue weighted by Crippen LogP contribution is -2.06. The summed E-state index contributed by atoms with van der Waals surface area (Å²) < 4.78 is 1.79. The number of aryl methyl sites for hydroxylation is 1. The summed E-state index contributed by atoms with van der Waals surface area (Å²) in [5, 5.41) is 16.1. The first-order chi connectivity index (χ1) is 5.77. The summed E-state index contributed by atoms with van der Waals surface area (Å²) in [6.07, 6.45) is 0. The first kappa shape index (κ1) is 9.06. The van der Waals surface area contributed by atoms with Gasteiger partial charge in [0.25, 0.3) is 0 Å². The molecule has 0 aliphatic rings. The van der Waals surface area contributed by atoms with Crippen LogP contribution in [0.25, 0.3) is 0 Å². The number of nitrogens with one attached hydrogen (secondary N) is 1. The molecule has 0 bridgehead atoms. The van der Waals surface area contributed by atoms with Crippen molar-refractivity contribution in [1.29, 1.82) is 0 Å². The van der Waals surface area contributed by atoms with Gasteiger partial charge >= 0.3 is 0 Å². The molecule has 4 nitrogen and oxygen atoms in total. The predicted molar refractivity (Wildman–Crippen MR) is 48.2 cm³/mol. The first-order valence-electron chi connectivity index (χ1n) is 4.17. The van der Waals surface area contributed by atoms with Crippen LogP contribution in [0.1, 0.15) is 12.6 Å². The average Bonchev–Trinajstić information content (AvgIpc) is 2.34. The van der Waals surface area contributed by atoms with Crippen LogP contribution in [0.5, 0.6) is 0 Å². The van der Waals surface area contributed by atoms with Gasteiger partial charge in [0.2, 0.25) is 0 Å². The Morgan fingerprint density at radius 3 is 3.00 bits per heavy atom. The maximum Gasteiger partial charge on any atom is 0.148 e. The van der Waals surface area contributed by atoms with E-state index in [1.165, 1.54) is 0 Å². The van der Waals surface area contributed by atoms with Crippen LogP contribution >= 0.6 is 0 Å². The van der Waals surface area contributed by atoms with Gasteiger partial charge in [0.15, 0.2) is 0 Å². The Balaban J connectivity index is 2.70. The van der Waals surface area contributed by atoms with Crippen molar-refractivity contribution in [1.82, 2.24) is 9.78 Å². The minimum absolute atomic E-state index is 0.133. The third-order valence-electron chi connectivity index (χ3n) is 1.65. The fourth-order valence-corrected chi connectivity index (χ4v) is 1.10. The van der Waals surface area contributed by atoms with Crippen LogP contribution in [0.4, 0.5) is 5.82 Å². The Kier molecular flexibility index (Phi) is 3.10. The van der Waals surface area contributed by atoms with Crippen LogP contribution in [-0.2, 0) is 6.54 Å². The van der Waals surface area contributed by atoms with Gasteiger partial charge in [0.05, 0.1) is 13.2 Å². The second-order valence-corrected chi connectivity index (χ2v) is 2.65. The van der Waals surface area contributed by atoms with Gasteiger partial charge in [-0.25, -0.2) is 0 Å². The summed E-state index contributed by atoms with van der Waals surface area (Å²) in [4.78, 5) is 0. The van der Waals surface area contributed by atoms with Gasteiger partial charge in [-0.15, -0.1) is 0 Å².